The van der Waals surface area contributed by atoms with Gasteiger partial charge in [-0.05, 0) is 56.3 Å². The molecule has 6 nitrogen and oxygen atoms in total. The Hall–Kier alpha value is -2.35. The van der Waals surface area contributed by atoms with Gasteiger partial charge < -0.3 is 19.4 Å². The lowest BCUT2D eigenvalue weighted by atomic mass is 9.75. The third-order valence-electron chi connectivity index (χ3n) is 7.31. The number of carbonyl (C=O) groups excluding carboxylic acids is 2. The first-order chi connectivity index (χ1) is 17.2. The molecule has 0 bridgehead atoms. The minimum atomic E-state index is -0.476. The van der Waals surface area contributed by atoms with Gasteiger partial charge in [0.1, 0.15) is 11.6 Å². The molecule has 0 aromatic heterocycles. The van der Waals surface area contributed by atoms with E-state index in [1.807, 2.05) is 17.0 Å². The van der Waals surface area contributed by atoms with Crippen LogP contribution in [-0.2, 0) is 16.0 Å². The van der Waals surface area contributed by atoms with Crippen molar-refractivity contribution in [3.63, 3.8) is 0 Å². The number of carbonyl (C=O) groups is 2. The molecule has 36 heavy (non-hydrogen) atoms. The van der Waals surface area contributed by atoms with Crippen LogP contribution in [0.4, 0.5) is 4.39 Å². The summed E-state index contributed by atoms with van der Waals surface area (Å²) < 4.78 is 20.3. The molecule has 0 saturated carbocycles. The average molecular weight is 536 g/mol. The van der Waals surface area contributed by atoms with Crippen molar-refractivity contribution in [3.05, 3.63) is 63.9 Å². The number of amides is 2. The molecular formula is C27H32Cl2FN3O3. The van der Waals surface area contributed by atoms with Crippen LogP contribution in [0.5, 0.6) is 5.75 Å². The summed E-state index contributed by atoms with van der Waals surface area (Å²) in [5.74, 6) is 0.176. The second-order valence-electron chi connectivity index (χ2n) is 9.86. The molecule has 4 rings (SSSR count). The Morgan fingerprint density at radius 1 is 0.917 bits per heavy atom. The minimum Gasteiger partial charge on any atom is -0.493 e. The molecule has 2 aromatic rings. The molecule has 2 amide bonds. The van der Waals surface area contributed by atoms with Gasteiger partial charge >= 0.3 is 0 Å². The molecule has 194 valence electrons. The van der Waals surface area contributed by atoms with Crippen LogP contribution in [0.2, 0.25) is 10.0 Å². The van der Waals surface area contributed by atoms with E-state index in [4.69, 9.17) is 27.9 Å². The summed E-state index contributed by atoms with van der Waals surface area (Å²) in [6.45, 7) is 4.49. The van der Waals surface area contributed by atoms with Crippen LogP contribution in [0.1, 0.15) is 24.8 Å². The number of ether oxygens (including phenoxy) is 1. The number of piperidine rings is 1. The number of piperazine rings is 1. The zero-order valence-corrected chi connectivity index (χ0v) is 22.0. The van der Waals surface area contributed by atoms with E-state index in [2.05, 4.69) is 11.9 Å². The number of hydrogen-bond acceptors (Lipinski definition) is 4. The van der Waals surface area contributed by atoms with Crippen molar-refractivity contribution >= 4 is 35.0 Å². The number of halogens is 3. The number of likely N-dealkylation sites (tertiary alicyclic amines) is 1. The topological polar surface area (TPSA) is 53.1 Å². The molecule has 0 N–H and O–H groups in total. The molecule has 2 aliphatic rings. The molecule has 0 radical (unpaired) electrons. The fourth-order valence-electron chi connectivity index (χ4n) is 4.82. The Bertz CT molecular complexity index is 1050. The highest BCUT2D eigenvalue weighted by atomic mass is 35.5. The Morgan fingerprint density at radius 2 is 1.56 bits per heavy atom. The SMILES string of the molecule is CN1CCN(C(=O)CC2(COc3ccc(Cl)cc3)CCN(C(=O)Cc3c(F)cccc3Cl)CC2)CC1. The van der Waals surface area contributed by atoms with Crippen molar-refractivity contribution in [2.75, 3.05) is 52.9 Å². The summed E-state index contributed by atoms with van der Waals surface area (Å²) in [6, 6.07) is 11.6. The number of benzene rings is 2. The number of nitrogens with zero attached hydrogens (tertiary/aromatic N) is 3. The smallest absolute Gasteiger partial charge is 0.227 e. The quantitative estimate of drug-likeness (QED) is 0.522. The fourth-order valence-corrected chi connectivity index (χ4v) is 5.18. The van der Waals surface area contributed by atoms with Gasteiger partial charge in [-0.2, -0.15) is 0 Å². The third-order valence-corrected chi connectivity index (χ3v) is 7.91. The lowest BCUT2D eigenvalue weighted by molar-refractivity contribution is -0.138. The molecule has 0 spiro atoms. The van der Waals surface area contributed by atoms with E-state index in [1.165, 1.54) is 12.1 Å². The van der Waals surface area contributed by atoms with E-state index in [0.717, 1.165) is 26.2 Å². The van der Waals surface area contributed by atoms with Crippen LogP contribution >= 0.6 is 23.2 Å². The first kappa shape index (κ1) is 26.7. The lowest BCUT2D eigenvalue weighted by Gasteiger charge is -2.43. The first-order valence-electron chi connectivity index (χ1n) is 12.3. The molecular weight excluding hydrogens is 504 g/mol. The summed E-state index contributed by atoms with van der Waals surface area (Å²) in [5.41, 5.74) is -0.177. The normalized spacial score (nSPS) is 18.2. The summed E-state index contributed by atoms with van der Waals surface area (Å²) in [7, 11) is 2.06. The lowest BCUT2D eigenvalue weighted by Crippen LogP contribution is -2.51. The molecule has 2 fully saturated rings. The molecule has 2 heterocycles. The molecule has 0 atom stereocenters. The maximum absolute atomic E-state index is 14.2. The van der Waals surface area contributed by atoms with E-state index in [1.54, 1.807) is 23.1 Å². The molecule has 2 aliphatic heterocycles. The highest BCUT2D eigenvalue weighted by molar-refractivity contribution is 6.31. The predicted octanol–water partition coefficient (Wildman–Crippen LogP) is 4.53. The van der Waals surface area contributed by atoms with Crippen molar-refractivity contribution < 1.29 is 18.7 Å². The van der Waals surface area contributed by atoms with Crippen LogP contribution < -0.4 is 4.74 Å². The van der Waals surface area contributed by atoms with Gasteiger partial charge in [0, 0.05) is 66.7 Å². The standard InChI is InChI=1S/C27H32Cl2FN3O3/c1-31-13-15-33(16-14-31)26(35)18-27(19-36-21-7-5-20(28)6-8-21)9-11-32(12-10-27)25(34)17-22-23(29)3-2-4-24(22)30/h2-8H,9-19H2,1H3. The minimum absolute atomic E-state index is 0.0833. The second kappa shape index (κ2) is 11.8. The van der Waals surface area contributed by atoms with Gasteiger partial charge in [0.15, 0.2) is 0 Å². The molecule has 0 unspecified atom stereocenters. The van der Waals surface area contributed by atoms with Crippen molar-refractivity contribution in [3.8, 4) is 5.75 Å². The van der Waals surface area contributed by atoms with E-state index in [0.29, 0.717) is 49.7 Å². The molecule has 0 aliphatic carbocycles. The van der Waals surface area contributed by atoms with Gasteiger partial charge in [-0.25, -0.2) is 4.39 Å². The van der Waals surface area contributed by atoms with E-state index in [9.17, 15) is 14.0 Å². The van der Waals surface area contributed by atoms with E-state index in [-0.39, 0.29) is 28.8 Å². The largest absolute Gasteiger partial charge is 0.493 e. The number of rotatable bonds is 7. The average Bonchev–Trinajstić information content (AvgIpc) is 2.87. The van der Waals surface area contributed by atoms with Crippen LogP contribution in [0.15, 0.2) is 42.5 Å². The highest BCUT2D eigenvalue weighted by Gasteiger charge is 2.40. The summed E-state index contributed by atoms with van der Waals surface area (Å²) in [4.78, 5) is 32.1. The van der Waals surface area contributed by atoms with Crippen molar-refractivity contribution in [1.82, 2.24) is 14.7 Å². The summed E-state index contributed by atoms with van der Waals surface area (Å²) in [6.07, 6.45) is 1.53. The van der Waals surface area contributed by atoms with Crippen LogP contribution in [0.3, 0.4) is 0 Å². The predicted molar refractivity (Wildman–Crippen MR) is 139 cm³/mol. The Morgan fingerprint density at radius 3 is 2.19 bits per heavy atom. The van der Waals surface area contributed by atoms with Crippen molar-refractivity contribution in [2.45, 2.75) is 25.7 Å². The number of likely N-dealkylation sites (N-methyl/N-ethyl adjacent to an activating group) is 1. The van der Waals surface area contributed by atoms with Gasteiger partial charge in [0.05, 0.1) is 13.0 Å². The van der Waals surface area contributed by atoms with Gasteiger partial charge in [-0.3, -0.25) is 9.59 Å². The fraction of sp³-hybridized carbons (Fsp3) is 0.481. The van der Waals surface area contributed by atoms with Gasteiger partial charge in [-0.15, -0.1) is 0 Å². The zero-order chi connectivity index (χ0) is 25.7. The zero-order valence-electron chi connectivity index (χ0n) is 20.5. The first-order valence-corrected chi connectivity index (χ1v) is 13.1. The number of hydrogen-bond donors (Lipinski definition) is 0. The second-order valence-corrected chi connectivity index (χ2v) is 10.7. The third kappa shape index (κ3) is 6.69. The van der Waals surface area contributed by atoms with Crippen molar-refractivity contribution in [1.29, 1.82) is 0 Å². The monoisotopic (exact) mass is 535 g/mol. The Labute approximate surface area is 221 Å². The van der Waals surface area contributed by atoms with Crippen LogP contribution in [-0.4, -0.2) is 79.4 Å². The molecule has 9 heteroatoms. The van der Waals surface area contributed by atoms with E-state index >= 15 is 0 Å². The Kier molecular flexibility index (Phi) is 8.75. The van der Waals surface area contributed by atoms with Crippen LogP contribution in [0, 0.1) is 11.2 Å². The summed E-state index contributed by atoms with van der Waals surface area (Å²) in [5, 5.41) is 0.882. The highest BCUT2D eigenvalue weighted by Crippen LogP contribution is 2.37. The Balaban J connectivity index is 1.42. The molecule has 2 saturated heterocycles. The van der Waals surface area contributed by atoms with Gasteiger partial charge in [0.25, 0.3) is 0 Å². The molecule has 2 aromatic carbocycles. The maximum atomic E-state index is 14.2. The van der Waals surface area contributed by atoms with E-state index < -0.39 is 11.2 Å². The van der Waals surface area contributed by atoms with Crippen molar-refractivity contribution in [2.24, 2.45) is 5.41 Å². The van der Waals surface area contributed by atoms with Crippen LogP contribution in [0.25, 0.3) is 0 Å². The summed E-state index contributed by atoms with van der Waals surface area (Å²) >= 11 is 12.1. The maximum Gasteiger partial charge on any atom is 0.227 e. The van der Waals surface area contributed by atoms with Gasteiger partial charge in [0.2, 0.25) is 11.8 Å². The van der Waals surface area contributed by atoms with Gasteiger partial charge in [-0.1, -0.05) is 29.3 Å².